The summed E-state index contributed by atoms with van der Waals surface area (Å²) in [6, 6.07) is 7.56. The van der Waals surface area contributed by atoms with Crippen LogP contribution in [-0.4, -0.2) is 41.8 Å². The van der Waals surface area contributed by atoms with Crippen molar-refractivity contribution in [3.63, 3.8) is 0 Å². The van der Waals surface area contributed by atoms with Crippen LogP contribution in [0, 0.1) is 0 Å². The molecule has 22 heavy (non-hydrogen) atoms. The monoisotopic (exact) mass is 301 g/mol. The van der Waals surface area contributed by atoms with Gasteiger partial charge in [-0.3, -0.25) is 4.79 Å². The number of methoxy groups -OCH3 is 1. The molecule has 2 heterocycles. The maximum absolute atomic E-state index is 12.1. The smallest absolute Gasteiger partial charge is 0.271 e. The fraction of sp³-hybridized carbons (Fsp3) is 0.375. The average Bonchev–Trinajstić information content (AvgIpc) is 3.24. The predicted molar refractivity (Wildman–Crippen MR) is 81.4 cm³/mol. The van der Waals surface area contributed by atoms with Gasteiger partial charge in [-0.1, -0.05) is 0 Å². The summed E-state index contributed by atoms with van der Waals surface area (Å²) in [5.41, 5.74) is 1.32. The number of ether oxygens (including phenoxy) is 2. The first-order valence-electron chi connectivity index (χ1n) is 7.34. The lowest BCUT2D eigenvalue weighted by Crippen LogP contribution is -2.31. The molecule has 6 nitrogen and oxygen atoms in total. The molecular weight excluding hydrogens is 282 g/mol. The number of rotatable bonds is 5. The topological polar surface area (TPSA) is 65.4 Å². The van der Waals surface area contributed by atoms with E-state index in [2.05, 4.69) is 10.3 Å². The molecule has 1 aromatic carbocycles. The molecule has 0 saturated carbocycles. The standard InChI is InChI=1S/C16H19N3O3/c1-21-13-6-4-12(5-7-13)19-10-15(18-11-19)16(20)17-9-14-3-2-8-22-14/h4-7,10-11,14H,2-3,8-9H2,1H3,(H,17,20)/t14-/m0/s1. The summed E-state index contributed by atoms with van der Waals surface area (Å²) in [4.78, 5) is 16.2. The Morgan fingerprint density at radius 1 is 1.45 bits per heavy atom. The molecule has 1 atom stereocenters. The summed E-state index contributed by atoms with van der Waals surface area (Å²) in [5.74, 6) is 0.612. The highest BCUT2D eigenvalue weighted by atomic mass is 16.5. The van der Waals surface area contributed by atoms with Gasteiger partial charge in [-0.25, -0.2) is 4.98 Å². The quantitative estimate of drug-likeness (QED) is 0.914. The molecule has 1 saturated heterocycles. The second-order valence-electron chi connectivity index (χ2n) is 5.21. The number of nitrogens with one attached hydrogen (secondary N) is 1. The third-order valence-electron chi connectivity index (χ3n) is 3.70. The van der Waals surface area contributed by atoms with E-state index in [4.69, 9.17) is 9.47 Å². The van der Waals surface area contributed by atoms with Crippen molar-refractivity contribution in [2.24, 2.45) is 0 Å². The molecule has 0 aliphatic carbocycles. The summed E-state index contributed by atoms with van der Waals surface area (Å²) in [6.45, 7) is 1.32. The zero-order chi connectivity index (χ0) is 15.4. The average molecular weight is 301 g/mol. The SMILES string of the molecule is COc1ccc(-n2cnc(C(=O)NC[C@@H]3CCCO3)c2)cc1. The Morgan fingerprint density at radius 2 is 2.27 bits per heavy atom. The molecule has 1 fully saturated rings. The van der Waals surface area contributed by atoms with E-state index in [1.165, 1.54) is 0 Å². The Balaban J connectivity index is 1.63. The number of carbonyl (C=O) groups is 1. The van der Waals surface area contributed by atoms with Crippen molar-refractivity contribution in [3.8, 4) is 11.4 Å². The number of aromatic nitrogens is 2. The fourth-order valence-corrected chi connectivity index (χ4v) is 2.44. The van der Waals surface area contributed by atoms with Crippen LogP contribution in [0.15, 0.2) is 36.8 Å². The van der Waals surface area contributed by atoms with Gasteiger partial charge in [-0.2, -0.15) is 0 Å². The lowest BCUT2D eigenvalue weighted by atomic mass is 10.2. The first kappa shape index (κ1) is 14.6. The second-order valence-corrected chi connectivity index (χ2v) is 5.21. The van der Waals surface area contributed by atoms with Gasteiger partial charge in [-0.15, -0.1) is 0 Å². The molecule has 116 valence electrons. The zero-order valence-electron chi connectivity index (χ0n) is 12.5. The predicted octanol–water partition coefficient (Wildman–Crippen LogP) is 1.79. The van der Waals surface area contributed by atoms with E-state index in [1.54, 1.807) is 24.2 Å². The maximum Gasteiger partial charge on any atom is 0.271 e. The van der Waals surface area contributed by atoms with Crippen molar-refractivity contribution >= 4 is 5.91 Å². The summed E-state index contributed by atoms with van der Waals surface area (Å²) >= 11 is 0. The maximum atomic E-state index is 12.1. The molecule has 1 aliphatic rings. The lowest BCUT2D eigenvalue weighted by molar-refractivity contribution is 0.0854. The minimum absolute atomic E-state index is 0.132. The van der Waals surface area contributed by atoms with E-state index < -0.39 is 0 Å². The number of benzene rings is 1. The minimum atomic E-state index is -0.178. The number of hydrogen-bond acceptors (Lipinski definition) is 4. The van der Waals surface area contributed by atoms with Crippen molar-refractivity contribution in [1.82, 2.24) is 14.9 Å². The number of imidazole rings is 1. The highest BCUT2D eigenvalue weighted by Gasteiger charge is 2.17. The summed E-state index contributed by atoms with van der Waals surface area (Å²) in [5, 5.41) is 2.86. The van der Waals surface area contributed by atoms with Crippen molar-refractivity contribution in [2.75, 3.05) is 20.3 Å². The first-order valence-corrected chi connectivity index (χ1v) is 7.34. The van der Waals surface area contributed by atoms with Crippen LogP contribution in [0.25, 0.3) is 5.69 Å². The fourth-order valence-electron chi connectivity index (χ4n) is 2.44. The molecular formula is C16H19N3O3. The van der Waals surface area contributed by atoms with Gasteiger partial charge >= 0.3 is 0 Å². The van der Waals surface area contributed by atoms with Crippen LogP contribution in [0.1, 0.15) is 23.3 Å². The van der Waals surface area contributed by atoms with Gasteiger partial charge in [0.15, 0.2) is 0 Å². The van der Waals surface area contributed by atoms with Crippen molar-refractivity contribution in [1.29, 1.82) is 0 Å². The van der Waals surface area contributed by atoms with Crippen LogP contribution in [0.3, 0.4) is 0 Å². The highest BCUT2D eigenvalue weighted by Crippen LogP contribution is 2.15. The van der Waals surface area contributed by atoms with Gasteiger partial charge in [0.25, 0.3) is 5.91 Å². The Morgan fingerprint density at radius 3 is 2.95 bits per heavy atom. The van der Waals surface area contributed by atoms with Crippen LogP contribution in [0.4, 0.5) is 0 Å². The highest BCUT2D eigenvalue weighted by molar-refractivity contribution is 5.92. The van der Waals surface area contributed by atoms with E-state index in [0.717, 1.165) is 30.9 Å². The van der Waals surface area contributed by atoms with Crippen molar-refractivity contribution in [3.05, 3.63) is 42.5 Å². The van der Waals surface area contributed by atoms with E-state index in [0.29, 0.717) is 12.2 Å². The molecule has 0 spiro atoms. The van der Waals surface area contributed by atoms with Crippen molar-refractivity contribution in [2.45, 2.75) is 18.9 Å². The van der Waals surface area contributed by atoms with Crippen LogP contribution < -0.4 is 10.1 Å². The van der Waals surface area contributed by atoms with E-state index in [-0.39, 0.29) is 12.0 Å². The number of hydrogen-bond donors (Lipinski definition) is 1. The summed E-state index contributed by atoms with van der Waals surface area (Å²) in [7, 11) is 1.63. The molecule has 0 radical (unpaired) electrons. The second kappa shape index (κ2) is 6.62. The van der Waals surface area contributed by atoms with Crippen LogP contribution in [-0.2, 0) is 4.74 Å². The van der Waals surface area contributed by atoms with Gasteiger partial charge in [0.2, 0.25) is 0 Å². The summed E-state index contributed by atoms with van der Waals surface area (Å²) in [6.07, 6.45) is 5.54. The van der Waals surface area contributed by atoms with E-state index in [9.17, 15) is 4.79 Å². The van der Waals surface area contributed by atoms with Gasteiger partial charge < -0.3 is 19.4 Å². The Bertz CT molecular complexity index is 630. The third-order valence-corrected chi connectivity index (χ3v) is 3.70. The van der Waals surface area contributed by atoms with Crippen molar-refractivity contribution < 1.29 is 14.3 Å². The molecule has 0 bridgehead atoms. The van der Waals surface area contributed by atoms with Gasteiger partial charge in [0.1, 0.15) is 17.8 Å². The summed E-state index contributed by atoms with van der Waals surface area (Å²) < 4.78 is 12.4. The number of nitrogens with zero attached hydrogens (tertiary/aromatic N) is 2. The molecule has 1 amide bonds. The molecule has 0 unspecified atom stereocenters. The third kappa shape index (κ3) is 3.28. The lowest BCUT2D eigenvalue weighted by Gasteiger charge is -2.09. The molecule has 1 N–H and O–H groups in total. The number of carbonyl (C=O) groups excluding carboxylic acids is 1. The molecule has 6 heteroatoms. The van der Waals surface area contributed by atoms with Gasteiger partial charge in [0, 0.05) is 25.0 Å². The Labute approximate surface area is 129 Å². The minimum Gasteiger partial charge on any atom is -0.497 e. The molecule has 1 aliphatic heterocycles. The zero-order valence-corrected chi connectivity index (χ0v) is 12.5. The number of amides is 1. The molecule has 1 aromatic heterocycles. The van der Waals surface area contributed by atoms with Gasteiger partial charge in [-0.05, 0) is 37.1 Å². The largest absolute Gasteiger partial charge is 0.497 e. The van der Waals surface area contributed by atoms with E-state index >= 15 is 0 Å². The van der Waals surface area contributed by atoms with Crippen LogP contribution in [0.2, 0.25) is 0 Å². The Kier molecular flexibility index (Phi) is 4.39. The Hall–Kier alpha value is -2.34. The molecule has 2 aromatic rings. The first-order chi connectivity index (χ1) is 10.8. The van der Waals surface area contributed by atoms with Crippen LogP contribution in [0.5, 0.6) is 5.75 Å². The normalized spacial score (nSPS) is 17.4. The van der Waals surface area contributed by atoms with Gasteiger partial charge in [0.05, 0.1) is 13.2 Å². The van der Waals surface area contributed by atoms with Crippen LogP contribution >= 0.6 is 0 Å². The molecule has 3 rings (SSSR count). The van der Waals surface area contributed by atoms with E-state index in [1.807, 2.05) is 24.3 Å².